The largest absolute Gasteiger partial charge is 0.471 e. The van der Waals surface area contributed by atoms with Crippen LogP contribution >= 0.6 is 0 Å². The lowest BCUT2D eigenvalue weighted by Crippen LogP contribution is -2.55. The number of rotatable bonds is 14. The lowest BCUT2D eigenvalue weighted by atomic mass is 10.0. The number of aromatic amines is 1. The minimum absolute atomic E-state index is 0.0137. The Labute approximate surface area is 247 Å². The Bertz CT molecular complexity index is 1380. The van der Waals surface area contributed by atoms with Crippen molar-refractivity contribution in [3.63, 3.8) is 0 Å². The van der Waals surface area contributed by atoms with Gasteiger partial charge in [0.15, 0.2) is 0 Å². The van der Waals surface area contributed by atoms with Crippen LogP contribution in [0.1, 0.15) is 44.2 Å². The fraction of sp³-hybridized carbons (Fsp3) is 0.400. The molecule has 0 aliphatic rings. The number of fused-ring (bicyclic) bond motifs is 1. The van der Waals surface area contributed by atoms with E-state index in [0.29, 0.717) is 0 Å². The molecule has 3 aromatic rings. The van der Waals surface area contributed by atoms with Crippen molar-refractivity contribution in [1.82, 2.24) is 26.3 Å². The summed E-state index contributed by atoms with van der Waals surface area (Å²) in [6.07, 6.45) is -3.65. The normalized spacial score (nSPS) is 12.8. The summed E-state index contributed by atoms with van der Waals surface area (Å²) in [6.45, 7) is 3.25. The van der Waals surface area contributed by atoms with E-state index in [9.17, 15) is 32.3 Å². The van der Waals surface area contributed by atoms with Gasteiger partial charge in [-0.25, -0.2) is 4.79 Å². The number of para-hydroxylation sites is 1. The van der Waals surface area contributed by atoms with E-state index in [1.165, 1.54) is 0 Å². The third-order valence-electron chi connectivity index (χ3n) is 6.45. The molecule has 43 heavy (non-hydrogen) atoms. The van der Waals surface area contributed by atoms with Crippen LogP contribution in [0, 0.1) is 0 Å². The molecule has 4 amide bonds. The van der Waals surface area contributed by atoms with Crippen LogP contribution in [0.2, 0.25) is 0 Å². The minimum Gasteiger partial charge on any atom is -0.445 e. The molecular weight excluding hydrogens is 567 g/mol. The molecule has 1 aromatic heterocycles. The number of nitrogens with one attached hydrogen (secondary N) is 5. The van der Waals surface area contributed by atoms with Gasteiger partial charge in [-0.15, -0.1) is 0 Å². The van der Waals surface area contributed by atoms with Crippen LogP contribution in [0.5, 0.6) is 0 Å². The zero-order valence-electron chi connectivity index (χ0n) is 23.9. The monoisotopic (exact) mass is 603 g/mol. The number of unbranched alkanes of at least 4 members (excludes halogenated alkanes) is 1. The Hall–Kier alpha value is -4.55. The predicted octanol–water partition coefficient (Wildman–Crippen LogP) is 3.86. The Morgan fingerprint density at radius 2 is 1.53 bits per heavy atom. The third-order valence-corrected chi connectivity index (χ3v) is 6.45. The summed E-state index contributed by atoms with van der Waals surface area (Å²) >= 11 is 0. The first kappa shape index (κ1) is 33.0. The quantitative estimate of drug-likeness (QED) is 0.178. The molecule has 10 nitrogen and oxygen atoms in total. The number of halogens is 3. The van der Waals surface area contributed by atoms with Crippen molar-refractivity contribution >= 4 is 34.7 Å². The van der Waals surface area contributed by atoms with Gasteiger partial charge in [-0.3, -0.25) is 14.4 Å². The number of ether oxygens (including phenoxy) is 1. The highest BCUT2D eigenvalue weighted by Crippen LogP contribution is 2.19. The molecule has 3 rings (SSSR count). The van der Waals surface area contributed by atoms with Gasteiger partial charge in [-0.05, 0) is 50.3 Å². The van der Waals surface area contributed by atoms with Crippen LogP contribution in [0.15, 0.2) is 60.8 Å². The maximum absolute atomic E-state index is 13.5. The van der Waals surface area contributed by atoms with Gasteiger partial charge in [-0.1, -0.05) is 48.5 Å². The number of alkyl carbamates (subject to hydrolysis) is 1. The van der Waals surface area contributed by atoms with Gasteiger partial charge in [0.1, 0.15) is 18.7 Å². The van der Waals surface area contributed by atoms with Crippen molar-refractivity contribution < 1.29 is 37.1 Å². The zero-order valence-corrected chi connectivity index (χ0v) is 23.9. The smallest absolute Gasteiger partial charge is 0.445 e. The first-order chi connectivity index (χ1) is 20.4. The summed E-state index contributed by atoms with van der Waals surface area (Å²) in [6, 6.07) is 14.0. The lowest BCUT2D eigenvalue weighted by Gasteiger charge is -2.24. The van der Waals surface area contributed by atoms with Gasteiger partial charge in [0.2, 0.25) is 11.8 Å². The molecule has 2 atom stereocenters. The second-order valence-corrected chi connectivity index (χ2v) is 10.3. The van der Waals surface area contributed by atoms with Crippen molar-refractivity contribution in [1.29, 1.82) is 0 Å². The van der Waals surface area contributed by atoms with Crippen LogP contribution in [-0.2, 0) is 32.1 Å². The van der Waals surface area contributed by atoms with Gasteiger partial charge in [0.25, 0.3) is 0 Å². The van der Waals surface area contributed by atoms with E-state index in [2.05, 4.69) is 20.9 Å². The van der Waals surface area contributed by atoms with Crippen LogP contribution < -0.4 is 21.3 Å². The number of amides is 4. The summed E-state index contributed by atoms with van der Waals surface area (Å²) in [5.41, 5.74) is 2.39. The number of alkyl halides is 3. The average Bonchev–Trinajstić information content (AvgIpc) is 3.37. The van der Waals surface area contributed by atoms with Crippen LogP contribution in [-0.4, -0.2) is 59.6 Å². The van der Waals surface area contributed by atoms with Gasteiger partial charge >= 0.3 is 18.2 Å². The Kier molecular flexibility index (Phi) is 12.0. The number of H-pyrrole nitrogens is 1. The topological polar surface area (TPSA) is 141 Å². The maximum Gasteiger partial charge on any atom is 0.471 e. The van der Waals surface area contributed by atoms with Gasteiger partial charge < -0.3 is 31.0 Å². The first-order valence-electron chi connectivity index (χ1n) is 13.9. The van der Waals surface area contributed by atoms with Gasteiger partial charge in [0.05, 0.1) is 0 Å². The van der Waals surface area contributed by atoms with Crippen molar-refractivity contribution in [3.8, 4) is 0 Å². The lowest BCUT2D eigenvalue weighted by molar-refractivity contribution is -0.173. The molecule has 0 fully saturated rings. The van der Waals surface area contributed by atoms with Crippen molar-refractivity contribution in [3.05, 3.63) is 71.9 Å². The molecule has 0 saturated carbocycles. The Morgan fingerprint density at radius 3 is 2.23 bits per heavy atom. The predicted molar refractivity (Wildman–Crippen MR) is 154 cm³/mol. The summed E-state index contributed by atoms with van der Waals surface area (Å²) in [7, 11) is 0. The highest BCUT2D eigenvalue weighted by atomic mass is 19.4. The third kappa shape index (κ3) is 10.7. The standard InChI is InChI=1S/C30H36F3N5O5/c1-19(2)36-27(40)25(16-21-17-35-23-13-7-6-12-22(21)23)37-26(39)24(14-8-9-15-34-28(41)30(31,32)33)38-29(42)43-18-20-10-4-3-5-11-20/h3-7,10-13,17,19,24-25,35H,8-9,14-16,18H2,1-2H3,(H,34,41)(H,36,40)(H,37,39)(H,38,42)/t24-,25-/m0/s1. The molecule has 0 unspecified atom stereocenters. The summed E-state index contributed by atoms with van der Waals surface area (Å²) in [5.74, 6) is -3.14. The average molecular weight is 604 g/mol. The van der Waals surface area contributed by atoms with Crippen LogP contribution in [0.4, 0.5) is 18.0 Å². The summed E-state index contributed by atoms with van der Waals surface area (Å²) < 4.78 is 42.6. The van der Waals surface area contributed by atoms with Crippen molar-refractivity contribution in [2.24, 2.45) is 0 Å². The molecule has 2 aromatic carbocycles. The van der Waals surface area contributed by atoms with Crippen molar-refractivity contribution in [2.45, 2.75) is 70.4 Å². The van der Waals surface area contributed by atoms with Crippen LogP contribution in [0.25, 0.3) is 10.9 Å². The fourth-order valence-corrected chi connectivity index (χ4v) is 4.34. The van der Waals surface area contributed by atoms with E-state index in [4.69, 9.17) is 4.74 Å². The Balaban J connectivity index is 1.70. The number of aromatic nitrogens is 1. The summed E-state index contributed by atoms with van der Waals surface area (Å²) in [5, 5.41) is 10.7. The number of hydrogen-bond donors (Lipinski definition) is 5. The first-order valence-corrected chi connectivity index (χ1v) is 13.9. The van der Waals surface area contributed by atoms with E-state index < -0.39 is 42.1 Å². The molecule has 13 heteroatoms. The molecule has 1 heterocycles. The highest BCUT2D eigenvalue weighted by Gasteiger charge is 2.38. The van der Waals surface area contributed by atoms with E-state index in [1.54, 1.807) is 49.6 Å². The number of hydrogen-bond acceptors (Lipinski definition) is 5. The molecule has 5 N–H and O–H groups in total. The number of carbonyl (C=O) groups is 4. The van der Waals surface area contributed by atoms with E-state index in [-0.39, 0.29) is 44.9 Å². The molecule has 0 spiro atoms. The van der Waals surface area contributed by atoms with Gasteiger partial charge in [-0.2, -0.15) is 13.2 Å². The number of carbonyl (C=O) groups excluding carboxylic acids is 4. The van der Waals surface area contributed by atoms with E-state index in [0.717, 1.165) is 22.0 Å². The molecule has 0 saturated heterocycles. The van der Waals surface area contributed by atoms with E-state index in [1.807, 2.05) is 30.3 Å². The number of benzene rings is 2. The molecule has 0 aliphatic heterocycles. The molecule has 232 valence electrons. The molecule has 0 bridgehead atoms. The van der Waals surface area contributed by atoms with Crippen molar-refractivity contribution in [2.75, 3.05) is 6.54 Å². The summed E-state index contributed by atoms with van der Waals surface area (Å²) in [4.78, 5) is 53.4. The highest BCUT2D eigenvalue weighted by molar-refractivity contribution is 5.92. The minimum atomic E-state index is -5.00. The second kappa shape index (κ2) is 15.6. The molecular formula is C30H36F3N5O5. The van der Waals surface area contributed by atoms with Crippen LogP contribution in [0.3, 0.4) is 0 Å². The Morgan fingerprint density at radius 1 is 0.860 bits per heavy atom. The SMILES string of the molecule is CC(C)NC(=O)[C@H](Cc1c[nH]c2ccccc12)NC(=O)[C@H](CCCCNC(=O)C(F)(F)F)NC(=O)OCc1ccccc1. The second-order valence-electron chi connectivity index (χ2n) is 10.3. The molecule has 0 aliphatic carbocycles. The maximum atomic E-state index is 13.5. The zero-order chi connectivity index (χ0) is 31.4. The van der Waals surface area contributed by atoms with Gasteiger partial charge in [0, 0.05) is 36.1 Å². The fourth-order valence-electron chi connectivity index (χ4n) is 4.34. The molecule has 0 radical (unpaired) electrons. The van der Waals surface area contributed by atoms with E-state index >= 15 is 0 Å².